The smallest absolute Gasteiger partial charge is 0.187 e. The minimum atomic E-state index is 0.307. The number of hydrogen-bond donors (Lipinski definition) is 1. The number of nitrogens with zero attached hydrogens (tertiary/aromatic N) is 3. The Labute approximate surface area is 107 Å². The lowest BCUT2D eigenvalue weighted by Gasteiger charge is -2.09. The molecule has 1 aromatic carbocycles. The summed E-state index contributed by atoms with van der Waals surface area (Å²) in [6, 6.07) is 7.08. The van der Waals surface area contributed by atoms with Crippen molar-refractivity contribution in [2.75, 3.05) is 12.4 Å². The maximum atomic E-state index is 8.78. The Morgan fingerprint density at radius 3 is 2.88 bits per heavy atom. The van der Waals surface area contributed by atoms with E-state index in [4.69, 9.17) is 21.6 Å². The van der Waals surface area contributed by atoms with Gasteiger partial charge in [0.2, 0.25) is 0 Å². The highest BCUT2D eigenvalue weighted by molar-refractivity contribution is 6.99. The molecule has 0 aliphatic rings. The topological polar surface area (TPSA) is 70.8 Å². The molecule has 0 fully saturated rings. The predicted molar refractivity (Wildman–Crippen MR) is 65.9 cm³/mol. The van der Waals surface area contributed by atoms with E-state index in [2.05, 4.69) is 14.1 Å². The van der Waals surface area contributed by atoms with Crippen LogP contribution in [0.1, 0.15) is 5.56 Å². The second-order valence-corrected chi connectivity index (χ2v) is 3.94. The van der Waals surface area contributed by atoms with Crippen LogP contribution >= 0.6 is 23.3 Å². The second-order valence-electron chi connectivity index (χ2n) is 3.06. The van der Waals surface area contributed by atoms with Gasteiger partial charge in [-0.3, -0.25) is 0 Å². The van der Waals surface area contributed by atoms with Crippen LogP contribution in [0.3, 0.4) is 0 Å². The lowest BCUT2D eigenvalue weighted by Crippen LogP contribution is -1.95. The van der Waals surface area contributed by atoms with E-state index in [1.807, 2.05) is 6.07 Å². The molecule has 1 aromatic heterocycles. The van der Waals surface area contributed by atoms with Gasteiger partial charge in [0.15, 0.2) is 11.0 Å². The number of halogens is 1. The largest absolute Gasteiger partial charge is 0.495 e. The van der Waals surface area contributed by atoms with Gasteiger partial charge in [0, 0.05) is 6.07 Å². The Bertz CT molecular complexity index is 578. The molecule has 0 radical (unpaired) electrons. The first-order valence-electron chi connectivity index (χ1n) is 4.58. The van der Waals surface area contributed by atoms with Gasteiger partial charge in [-0.2, -0.15) is 14.0 Å². The van der Waals surface area contributed by atoms with E-state index in [1.54, 1.807) is 18.2 Å². The number of benzene rings is 1. The summed E-state index contributed by atoms with van der Waals surface area (Å²) in [5, 5.41) is 12.1. The van der Waals surface area contributed by atoms with Crippen LogP contribution in [0, 0.1) is 11.3 Å². The van der Waals surface area contributed by atoms with Crippen molar-refractivity contribution in [1.29, 1.82) is 5.26 Å². The zero-order valence-electron chi connectivity index (χ0n) is 8.77. The molecule has 17 heavy (non-hydrogen) atoms. The number of nitrogens with one attached hydrogen (secondary N) is 1. The molecule has 0 bridgehead atoms. The van der Waals surface area contributed by atoms with E-state index in [0.717, 1.165) is 11.7 Å². The number of methoxy groups -OCH3 is 1. The van der Waals surface area contributed by atoms with Crippen molar-refractivity contribution >= 4 is 34.8 Å². The monoisotopic (exact) mass is 266 g/mol. The van der Waals surface area contributed by atoms with E-state index in [0.29, 0.717) is 28.0 Å². The molecule has 0 atom stereocenters. The third-order valence-corrected chi connectivity index (χ3v) is 2.92. The summed E-state index contributed by atoms with van der Waals surface area (Å²) < 4.78 is 13.0. The number of nitriles is 1. The third kappa shape index (κ3) is 2.46. The molecule has 0 spiro atoms. The number of rotatable bonds is 3. The molecule has 2 aromatic rings. The fourth-order valence-electron chi connectivity index (χ4n) is 1.24. The van der Waals surface area contributed by atoms with Gasteiger partial charge < -0.3 is 10.1 Å². The van der Waals surface area contributed by atoms with Gasteiger partial charge in [-0.25, -0.2) is 0 Å². The van der Waals surface area contributed by atoms with Crippen LogP contribution in [0.25, 0.3) is 0 Å². The first-order chi connectivity index (χ1) is 8.24. The predicted octanol–water partition coefficient (Wildman–Crippen LogP) is 2.82. The summed E-state index contributed by atoms with van der Waals surface area (Å²) in [6.07, 6.45) is 0. The van der Waals surface area contributed by atoms with E-state index >= 15 is 0 Å². The van der Waals surface area contributed by atoms with Crippen LogP contribution in [0.15, 0.2) is 18.2 Å². The molecule has 7 heteroatoms. The molecule has 1 N–H and O–H groups in total. The van der Waals surface area contributed by atoms with Crippen molar-refractivity contribution in [3.63, 3.8) is 0 Å². The van der Waals surface area contributed by atoms with Crippen LogP contribution in [-0.2, 0) is 0 Å². The molecule has 0 unspecified atom stereocenters. The zero-order chi connectivity index (χ0) is 12.3. The summed E-state index contributed by atoms with van der Waals surface area (Å²) in [5.41, 5.74) is 1.20. The number of ether oxygens (including phenoxy) is 1. The third-order valence-electron chi connectivity index (χ3n) is 2.03. The van der Waals surface area contributed by atoms with Crippen molar-refractivity contribution in [3.8, 4) is 11.8 Å². The van der Waals surface area contributed by atoms with Gasteiger partial charge in [0.05, 0.1) is 36.2 Å². The van der Waals surface area contributed by atoms with Crippen LogP contribution in [0.2, 0.25) is 5.15 Å². The molecule has 2 rings (SSSR count). The van der Waals surface area contributed by atoms with Crippen LogP contribution in [0.4, 0.5) is 11.5 Å². The lowest BCUT2D eigenvalue weighted by molar-refractivity contribution is 0.416. The van der Waals surface area contributed by atoms with Gasteiger partial charge >= 0.3 is 0 Å². The van der Waals surface area contributed by atoms with Crippen molar-refractivity contribution in [2.24, 2.45) is 0 Å². The molecule has 0 amide bonds. The summed E-state index contributed by atoms with van der Waals surface area (Å²) in [4.78, 5) is 0. The molecular weight excluding hydrogens is 260 g/mol. The lowest BCUT2D eigenvalue weighted by atomic mass is 10.2. The Morgan fingerprint density at radius 1 is 1.47 bits per heavy atom. The van der Waals surface area contributed by atoms with Crippen LogP contribution in [0.5, 0.6) is 5.75 Å². The molecule has 1 heterocycles. The number of hydrogen-bond acceptors (Lipinski definition) is 6. The molecule has 5 nitrogen and oxygen atoms in total. The van der Waals surface area contributed by atoms with Crippen molar-refractivity contribution in [2.45, 2.75) is 0 Å². The molecule has 0 saturated heterocycles. The fourth-order valence-corrected chi connectivity index (χ4v) is 1.89. The van der Waals surface area contributed by atoms with Gasteiger partial charge in [-0.15, -0.1) is 0 Å². The maximum Gasteiger partial charge on any atom is 0.187 e. The molecular formula is C10H7ClN4OS. The molecule has 0 aliphatic heterocycles. The summed E-state index contributed by atoms with van der Waals surface area (Å²) in [6.45, 7) is 0. The number of anilines is 2. The summed E-state index contributed by atoms with van der Waals surface area (Å²) >= 11 is 6.84. The Balaban J connectivity index is 2.33. The maximum absolute atomic E-state index is 8.78. The van der Waals surface area contributed by atoms with Crippen molar-refractivity contribution in [1.82, 2.24) is 8.75 Å². The quantitative estimate of drug-likeness (QED) is 0.925. The molecule has 86 valence electrons. The molecule has 0 aliphatic carbocycles. The van der Waals surface area contributed by atoms with Crippen LogP contribution in [-0.4, -0.2) is 15.9 Å². The first-order valence-corrected chi connectivity index (χ1v) is 5.68. The average Bonchev–Trinajstić information content (AvgIpc) is 2.75. The standard InChI is InChI=1S/C10H7ClN4OS/c1-16-8-4-6(5-12)2-3-7(8)13-10-9(11)14-17-15-10/h2-4H,1H3,(H,13,15). The van der Waals surface area contributed by atoms with Crippen LogP contribution < -0.4 is 10.1 Å². The second kappa shape index (κ2) is 4.99. The minimum absolute atomic E-state index is 0.307. The Hall–Kier alpha value is -1.84. The van der Waals surface area contributed by atoms with Gasteiger partial charge in [-0.05, 0) is 12.1 Å². The highest BCUT2D eigenvalue weighted by atomic mass is 35.5. The highest BCUT2D eigenvalue weighted by Gasteiger charge is 2.09. The van der Waals surface area contributed by atoms with Crippen molar-refractivity contribution < 1.29 is 4.74 Å². The normalized spacial score (nSPS) is 9.71. The SMILES string of the molecule is COc1cc(C#N)ccc1Nc1nsnc1Cl. The zero-order valence-corrected chi connectivity index (χ0v) is 10.3. The minimum Gasteiger partial charge on any atom is -0.495 e. The molecule has 0 saturated carbocycles. The summed E-state index contributed by atoms with van der Waals surface area (Å²) in [5.74, 6) is 1.02. The van der Waals surface area contributed by atoms with Gasteiger partial charge in [-0.1, -0.05) is 11.6 Å². The van der Waals surface area contributed by atoms with Gasteiger partial charge in [0.1, 0.15) is 5.75 Å². The number of aromatic nitrogens is 2. The average molecular weight is 267 g/mol. The van der Waals surface area contributed by atoms with Gasteiger partial charge in [0.25, 0.3) is 0 Å². The first kappa shape index (κ1) is 11.6. The fraction of sp³-hybridized carbons (Fsp3) is 0.100. The van der Waals surface area contributed by atoms with Crippen molar-refractivity contribution in [3.05, 3.63) is 28.9 Å². The van der Waals surface area contributed by atoms with E-state index < -0.39 is 0 Å². The van der Waals surface area contributed by atoms with E-state index in [9.17, 15) is 0 Å². The Morgan fingerprint density at radius 2 is 2.29 bits per heavy atom. The van der Waals surface area contributed by atoms with E-state index in [1.165, 1.54) is 7.11 Å². The Kier molecular flexibility index (Phi) is 3.42. The highest BCUT2D eigenvalue weighted by Crippen LogP contribution is 2.30. The van der Waals surface area contributed by atoms with E-state index in [-0.39, 0.29) is 0 Å². The summed E-state index contributed by atoms with van der Waals surface area (Å²) in [7, 11) is 1.53.